The van der Waals surface area contributed by atoms with Crippen molar-refractivity contribution in [2.45, 2.75) is 51.2 Å². The molecule has 1 aromatic heterocycles. The Balaban J connectivity index is 1.47. The lowest BCUT2D eigenvalue weighted by Crippen LogP contribution is -2.47. The topological polar surface area (TPSA) is 79.7 Å². The van der Waals surface area contributed by atoms with E-state index in [9.17, 15) is 9.50 Å². The SMILES string of the molecule is CCC(C)(O)[C@@H]1CCCN1CCCOc1cc2c(Nc3ccc(F)c(Cl)c3)ncnc2cc1OC. The van der Waals surface area contributed by atoms with Crippen LogP contribution < -0.4 is 14.8 Å². The molecule has 2 heterocycles. The average molecular weight is 503 g/mol. The predicted molar refractivity (Wildman–Crippen MR) is 136 cm³/mol. The van der Waals surface area contributed by atoms with Crippen LogP contribution in [0.15, 0.2) is 36.7 Å². The Kier molecular flexibility index (Phi) is 7.94. The van der Waals surface area contributed by atoms with Crippen LogP contribution in [-0.4, -0.2) is 58.4 Å². The highest BCUT2D eigenvalue weighted by atomic mass is 35.5. The standard InChI is InChI=1S/C26H32ClFN4O3/c1-4-26(2,33)24-7-5-10-32(24)11-6-12-35-23-14-18-21(15-22(23)34-3)29-16-30-25(18)31-17-8-9-20(28)19(27)13-17/h8-9,13-16,24,33H,4-7,10-12H2,1-3H3,(H,29,30,31)/t24-,26?/m0/s1. The van der Waals surface area contributed by atoms with E-state index in [4.69, 9.17) is 21.1 Å². The van der Waals surface area contributed by atoms with Crippen LogP contribution in [0.4, 0.5) is 15.9 Å². The van der Waals surface area contributed by atoms with Gasteiger partial charge in [0.05, 0.1) is 29.9 Å². The van der Waals surface area contributed by atoms with E-state index < -0.39 is 11.4 Å². The number of anilines is 2. The lowest BCUT2D eigenvalue weighted by atomic mass is 9.91. The van der Waals surface area contributed by atoms with Gasteiger partial charge in [-0.1, -0.05) is 18.5 Å². The largest absolute Gasteiger partial charge is 0.493 e. The number of fused-ring (bicyclic) bond motifs is 1. The number of hydrogen-bond acceptors (Lipinski definition) is 7. The Hall–Kier alpha value is -2.68. The molecule has 2 aromatic carbocycles. The smallest absolute Gasteiger partial charge is 0.162 e. The normalized spacial score (nSPS) is 17.9. The van der Waals surface area contributed by atoms with Crippen molar-refractivity contribution in [1.29, 1.82) is 0 Å². The first-order valence-electron chi connectivity index (χ1n) is 12.0. The second-order valence-electron chi connectivity index (χ2n) is 9.10. The Morgan fingerprint density at radius 2 is 2.09 bits per heavy atom. The molecule has 3 aromatic rings. The molecule has 0 spiro atoms. The Bertz CT molecular complexity index is 1180. The van der Waals surface area contributed by atoms with Gasteiger partial charge in [-0.3, -0.25) is 4.90 Å². The third kappa shape index (κ3) is 5.77. The second kappa shape index (κ2) is 10.9. The number of hydrogen-bond donors (Lipinski definition) is 2. The van der Waals surface area contributed by atoms with E-state index in [1.807, 2.05) is 26.0 Å². The Morgan fingerprint density at radius 3 is 2.83 bits per heavy atom. The molecule has 1 fully saturated rings. The Morgan fingerprint density at radius 1 is 1.26 bits per heavy atom. The third-order valence-electron chi connectivity index (χ3n) is 6.75. The van der Waals surface area contributed by atoms with Crippen LogP contribution in [0.3, 0.4) is 0 Å². The molecule has 0 amide bonds. The van der Waals surface area contributed by atoms with E-state index in [-0.39, 0.29) is 11.1 Å². The average Bonchev–Trinajstić information content (AvgIpc) is 3.33. The summed E-state index contributed by atoms with van der Waals surface area (Å²) in [4.78, 5) is 11.1. The number of rotatable bonds is 10. The van der Waals surface area contributed by atoms with Gasteiger partial charge in [0, 0.05) is 29.7 Å². The molecule has 35 heavy (non-hydrogen) atoms. The number of ether oxygens (including phenoxy) is 2. The maximum absolute atomic E-state index is 13.5. The molecule has 0 bridgehead atoms. The van der Waals surface area contributed by atoms with E-state index in [2.05, 4.69) is 20.2 Å². The molecule has 2 N–H and O–H groups in total. The molecular weight excluding hydrogens is 471 g/mol. The zero-order valence-corrected chi connectivity index (χ0v) is 21.1. The van der Waals surface area contributed by atoms with E-state index >= 15 is 0 Å². The summed E-state index contributed by atoms with van der Waals surface area (Å²) in [5, 5.41) is 14.7. The van der Waals surface area contributed by atoms with E-state index in [1.165, 1.54) is 18.5 Å². The first kappa shape index (κ1) is 25.4. The summed E-state index contributed by atoms with van der Waals surface area (Å²) in [6.07, 6.45) is 5.14. The van der Waals surface area contributed by atoms with E-state index in [0.29, 0.717) is 35.1 Å². The fourth-order valence-corrected chi connectivity index (χ4v) is 4.81. The van der Waals surface area contributed by atoms with Crippen LogP contribution in [-0.2, 0) is 0 Å². The van der Waals surface area contributed by atoms with Gasteiger partial charge in [-0.15, -0.1) is 0 Å². The summed E-state index contributed by atoms with van der Waals surface area (Å²) < 4.78 is 25.2. The number of nitrogens with zero attached hydrogens (tertiary/aromatic N) is 3. The van der Waals surface area contributed by atoms with Gasteiger partial charge in [0.15, 0.2) is 11.5 Å². The summed E-state index contributed by atoms with van der Waals surface area (Å²) in [7, 11) is 1.59. The minimum absolute atomic E-state index is 0.0275. The van der Waals surface area contributed by atoms with Crippen LogP contribution in [0, 0.1) is 5.82 Å². The zero-order chi connectivity index (χ0) is 25.0. The van der Waals surface area contributed by atoms with Gasteiger partial charge >= 0.3 is 0 Å². The van der Waals surface area contributed by atoms with Crippen LogP contribution in [0.1, 0.15) is 39.5 Å². The summed E-state index contributed by atoms with van der Waals surface area (Å²) in [5.74, 6) is 1.24. The summed E-state index contributed by atoms with van der Waals surface area (Å²) in [5.41, 5.74) is 0.622. The van der Waals surface area contributed by atoms with Gasteiger partial charge in [-0.2, -0.15) is 0 Å². The fourth-order valence-electron chi connectivity index (χ4n) is 4.63. The van der Waals surface area contributed by atoms with Crippen molar-refractivity contribution in [2.75, 3.05) is 32.1 Å². The van der Waals surface area contributed by atoms with E-state index in [1.54, 1.807) is 13.2 Å². The zero-order valence-electron chi connectivity index (χ0n) is 20.4. The molecule has 1 unspecified atom stereocenters. The molecule has 1 aliphatic heterocycles. The van der Waals surface area contributed by atoms with Crippen molar-refractivity contribution in [1.82, 2.24) is 14.9 Å². The van der Waals surface area contributed by atoms with Crippen molar-refractivity contribution >= 4 is 34.0 Å². The van der Waals surface area contributed by atoms with Crippen LogP contribution in [0.2, 0.25) is 5.02 Å². The fraction of sp³-hybridized carbons (Fsp3) is 0.462. The first-order chi connectivity index (χ1) is 16.8. The predicted octanol–water partition coefficient (Wildman–Crippen LogP) is 5.57. The van der Waals surface area contributed by atoms with Gasteiger partial charge in [0.25, 0.3) is 0 Å². The monoisotopic (exact) mass is 502 g/mol. The van der Waals surface area contributed by atoms with Crippen molar-refractivity contribution in [3.8, 4) is 11.5 Å². The third-order valence-corrected chi connectivity index (χ3v) is 7.04. The number of nitrogens with one attached hydrogen (secondary N) is 1. The lowest BCUT2D eigenvalue weighted by Gasteiger charge is -2.36. The second-order valence-corrected chi connectivity index (χ2v) is 9.51. The summed E-state index contributed by atoms with van der Waals surface area (Å²) in [6, 6.07) is 8.25. The van der Waals surface area contributed by atoms with Gasteiger partial charge < -0.3 is 19.9 Å². The first-order valence-corrected chi connectivity index (χ1v) is 12.3. The molecule has 9 heteroatoms. The number of halogens is 2. The van der Waals surface area contributed by atoms with Crippen molar-refractivity contribution < 1.29 is 19.0 Å². The molecule has 0 radical (unpaired) electrons. The lowest BCUT2D eigenvalue weighted by molar-refractivity contribution is -0.0219. The molecule has 1 aliphatic rings. The van der Waals surface area contributed by atoms with Gasteiger partial charge in [-0.25, -0.2) is 14.4 Å². The number of aromatic nitrogens is 2. The molecule has 188 valence electrons. The number of methoxy groups -OCH3 is 1. The van der Waals surface area contributed by atoms with Gasteiger partial charge in [0.2, 0.25) is 0 Å². The number of aliphatic hydroxyl groups is 1. The molecular formula is C26H32ClFN4O3. The summed E-state index contributed by atoms with van der Waals surface area (Å²) in [6.45, 7) is 6.32. The number of benzene rings is 2. The maximum Gasteiger partial charge on any atom is 0.162 e. The van der Waals surface area contributed by atoms with Crippen molar-refractivity contribution in [3.63, 3.8) is 0 Å². The van der Waals surface area contributed by atoms with Crippen LogP contribution in [0.25, 0.3) is 10.9 Å². The highest BCUT2D eigenvalue weighted by Crippen LogP contribution is 2.35. The highest BCUT2D eigenvalue weighted by Gasteiger charge is 2.37. The van der Waals surface area contributed by atoms with Crippen LogP contribution >= 0.6 is 11.6 Å². The van der Waals surface area contributed by atoms with E-state index in [0.717, 1.165) is 44.2 Å². The summed E-state index contributed by atoms with van der Waals surface area (Å²) >= 11 is 5.92. The molecule has 2 atom stereocenters. The minimum Gasteiger partial charge on any atom is -0.493 e. The highest BCUT2D eigenvalue weighted by molar-refractivity contribution is 6.31. The molecule has 0 aliphatic carbocycles. The van der Waals surface area contributed by atoms with Crippen molar-refractivity contribution in [3.05, 3.63) is 47.5 Å². The molecule has 1 saturated heterocycles. The van der Waals surface area contributed by atoms with Crippen LogP contribution in [0.5, 0.6) is 11.5 Å². The molecule has 7 nitrogen and oxygen atoms in total. The number of likely N-dealkylation sites (tertiary alicyclic amines) is 1. The quantitative estimate of drug-likeness (QED) is 0.351. The Labute approximate surface area is 210 Å². The van der Waals surface area contributed by atoms with Crippen molar-refractivity contribution in [2.24, 2.45) is 0 Å². The maximum atomic E-state index is 13.5. The molecule has 0 saturated carbocycles. The van der Waals surface area contributed by atoms with Gasteiger partial charge in [0.1, 0.15) is 18.0 Å². The molecule has 4 rings (SSSR count). The minimum atomic E-state index is -0.670. The van der Waals surface area contributed by atoms with Gasteiger partial charge in [-0.05, 0) is 63.4 Å².